The minimum atomic E-state index is 0.158. The Bertz CT molecular complexity index is 428. The molecule has 0 aromatic rings. The van der Waals surface area contributed by atoms with Crippen molar-refractivity contribution < 1.29 is 9.53 Å². The van der Waals surface area contributed by atoms with Gasteiger partial charge in [0.1, 0.15) is 5.78 Å². The molecule has 0 aromatic heterocycles. The summed E-state index contributed by atoms with van der Waals surface area (Å²) in [6.45, 7) is 20.6. The van der Waals surface area contributed by atoms with Crippen LogP contribution in [0.4, 0.5) is 0 Å². The van der Waals surface area contributed by atoms with Crippen molar-refractivity contribution in [3.05, 3.63) is 0 Å². The maximum Gasteiger partial charge on any atom is 0.149 e. The van der Waals surface area contributed by atoms with Crippen molar-refractivity contribution >= 4 is 5.78 Å². The molecule has 0 bridgehead atoms. The number of likely N-dealkylation sites (tertiary alicyclic amines) is 1. The molecule has 1 N–H and O–H groups in total. The quantitative estimate of drug-likeness (QED) is 0.505. The first-order valence-corrected chi connectivity index (χ1v) is 11.4. The van der Waals surface area contributed by atoms with E-state index >= 15 is 0 Å². The summed E-state index contributed by atoms with van der Waals surface area (Å²) in [7, 11) is 0. The monoisotopic (exact) mass is 396 g/mol. The number of carbonyl (C=O) groups is 1. The van der Waals surface area contributed by atoms with Gasteiger partial charge in [-0.05, 0) is 31.8 Å². The van der Waals surface area contributed by atoms with E-state index in [1.807, 2.05) is 13.8 Å². The molecule has 0 unspecified atom stereocenters. The Balaban J connectivity index is 1.51. The average Bonchev–Trinajstić information content (AvgIpc) is 2.67. The summed E-state index contributed by atoms with van der Waals surface area (Å²) in [5.74, 6) is 1.36. The number of ketones is 1. The number of Topliss-reactive ketones (excluding diaryl/α,β-unsaturated/α-hetero) is 1. The molecule has 0 aromatic carbocycles. The molecule has 0 saturated carbocycles. The zero-order valence-corrected chi connectivity index (χ0v) is 18.8. The number of rotatable bonds is 12. The maximum absolute atomic E-state index is 11.9. The Morgan fingerprint density at radius 3 is 2.18 bits per heavy atom. The number of ether oxygens (including phenoxy) is 1. The van der Waals surface area contributed by atoms with E-state index in [9.17, 15) is 4.79 Å². The Morgan fingerprint density at radius 1 is 0.929 bits per heavy atom. The molecule has 0 amide bonds. The van der Waals surface area contributed by atoms with E-state index in [2.05, 4.69) is 33.9 Å². The zero-order valence-electron chi connectivity index (χ0n) is 18.8. The summed E-state index contributed by atoms with van der Waals surface area (Å²) in [6, 6.07) is 0.535. The van der Waals surface area contributed by atoms with Gasteiger partial charge in [-0.1, -0.05) is 27.7 Å². The maximum atomic E-state index is 11.9. The molecule has 2 aliphatic rings. The van der Waals surface area contributed by atoms with E-state index in [4.69, 9.17) is 4.74 Å². The van der Waals surface area contributed by atoms with Gasteiger partial charge in [0.15, 0.2) is 0 Å². The lowest BCUT2D eigenvalue weighted by Gasteiger charge is -2.38. The lowest BCUT2D eigenvalue weighted by atomic mass is 9.96. The number of carbonyl (C=O) groups excluding carboxylic acids is 1. The third-order valence-corrected chi connectivity index (χ3v) is 6.06. The molecule has 2 aliphatic heterocycles. The SMILES string of the molecule is CC(C)NCCOCCN1CCC(CN2CCN(CC(=O)C(C)C)CC2)CC1. The second-order valence-corrected chi connectivity index (χ2v) is 9.20. The van der Waals surface area contributed by atoms with Crippen LogP contribution in [0.5, 0.6) is 0 Å². The molecule has 2 saturated heterocycles. The van der Waals surface area contributed by atoms with E-state index < -0.39 is 0 Å². The van der Waals surface area contributed by atoms with E-state index in [1.165, 1.54) is 32.5 Å². The summed E-state index contributed by atoms with van der Waals surface area (Å²) in [5, 5.41) is 3.38. The van der Waals surface area contributed by atoms with Crippen LogP contribution in [-0.2, 0) is 9.53 Å². The van der Waals surface area contributed by atoms with Gasteiger partial charge in [0.05, 0.1) is 19.8 Å². The smallest absolute Gasteiger partial charge is 0.149 e. The van der Waals surface area contributed by atoms with E-state index in [0.29, 0.717) is 18.4 Å². The van der Waals surface area contributed by atoms with Gasteiger partial charge in [0, 0.05) is 57.8 Å². The molecule has 28 heavy (non-hydrogen) atoms. The number of hydrogen-bond donors (Lipinski definition) is 1. The summed E-state index contributed by atoms with van der Waals surface area (Å²) in [5.41, 5.74) is 0. The van der Waals surface area contributed by atoms with Gasteiger partial charge >= 0.3 is 0 Å². The van der Waals surface area contributed by atoms with Crippen molar-refractivity contribution in [1.82, 2.24) is 20.0 Å². The summed E-state index contributed by atoms with van der Waals surface area (Å²) in [6.07, 6.45) is 2.61. The van der Waals surface area contributed by atoms with Crippen molar-refractivity contribution in [1.29, 1.82) is 0 Å². The molecular weight excluding hydrogens is 352 g/mol. The van der Waals surface area contributed by atoms with Gasteiger partial charge < -0.3 is 19.9 Å². The van der Waals surface area contributed by atoms with Crippen LogP contribution < -0.4 is 5.32 Å². The summed E-state index contributed by atoms with van der Waals surface area (Å²) >= 11 is 0. The lowest BCUT2D eigenvalue weighted by molar-refractivity contribution is -0.123. The Kier molecular flexibility index (Phi) is 10.9. The molecule has 6 heteroatoms. The van der Waals surface area contributed by atoms with Gasteiger partial charge in [0.2, 0.25) is 0 Å². The normalized spacial score (nSPS) is 21.1. The van der Waals surface area contributed by atoms with E-state index in [0.717, 1.165) is 58.4 Å². The first kappa shape index (κ1) is 23.7. The average molecular weight is 397 g/mol. The number of hydrogen-bond acceptors (Lipinski definition) is 6. The predicted molar refractivity (Wildman–Crippen MR) is 116 cm³/mol. The largest absolute Gasteiger partial charge is 0.379 e. The number of nitrogens with one attached hydrogen (secondary N) is 1. The number of piperazine rings is 1. The van der Waals surface area contributed by atoms with Gasteiger partial charge in [-0.3, -0.25) is 9.69 Å². The summed E-state index contributed by atoms with van der Waals surface area (Å²) < 4.78 is 5.75. The van der Waals surface area contributed by atoms with Gasteiger partial charge in [-0.15, -0.1) is 0 Å². The minimum Gasteiger partial charge on any atom is -0.379 e. The van der Waals surface area contributed by atoms with Crippen LogP contribution >= 0.6 is 0 Å². The fourth-order valence-electron chi connectivity index (χ4n) is 4.01. The Labute approximate surface area is 172 Å². The fraction of sp³-hybridized carbons (Fsp3) is 0.955. The molecular formula is C22H44N4O2. The van der Waals surface area contributed by atoms with Crippen molar-refractivity contribution in [2.24, 2.45) is 11.8 Å². The van der Waals surface area contributed by atoms with Crippen molar-refractivity contribution in [2.45, 2.75) is 46.6 Å². The van der Waals surface area contributed by atoms with Gasteiger partial charge in [0.25, 0.3) is 0 Å². The summed E-state index contributed by atoms with van der Waals surface area (Å²) in [4.78, 5) is 19.4. The second-order valence-electron chi connectivity index (χ2n) is 9.20. The molecule has 0 radical (unpaired) electrons. The molecule has 6 nitrogen and oxygen atoms in total. The molecule has 2 rings (SSSR count). The minimum absolute atomic E-state index is 0.158. The Morgan fingerprint density at radius 2 is 1.57 bits per heavy atom. The molecule has 0 aliphatic carbocycles. The molecule has 2 fully saturated rings. The van der Waals surface area contributed by atoms with Crippen LogP contribution in [0.15, 0.2) is 0 Å². The molecule has 164 valence electrons. The standard InChI is InChI=1S/C22H44N4O2/c1-19(2)22(27)18-26-12-10-25(11-13-26)17-21-5-8-24(9-6-21)14-16-28-15-7-23-20(3)4/h19-21,23H,5-18H2,1-4H3. The third-order valence-electron chi connectivity index (χ3n) is 6.06. The molecule has 0 spiro atoms. The first-order chi connectivity index (χ1) is 13.4. The van der Waals surface area contributed by atoms with Crippen molar-refractivity contribution in [2.75, 3.05) is 78.7 Å². The van der Waals surface area contributed by atoms with Crippen LogP contribution in [0.1, 0.15) is 40.5 Å². The molecule has 0 atom stereocenters. The molecule has 2 heterocycles. The lowest BCUT2D eigenvalue weighted by Crippen LogP contribution is -2.50. The van der Waals surface area contributed by atoms with Gasteiger partial charge in [-0.2, -0.15) is 0 Å². The van der Waals surface area contributed by atoms with Crippen LogP contribution in [0.3, 0.4) is 0 Å². The predicted octanol–water partition coefficient (Wildman–Crippen LogP) is 1.56. The van der Waals surface area contributed by atoms with E-state index in [1.54, 1.807) is 0 Å². The van der Waals surface area contributed by atoms with Crippen LogP contribution in [0.2, 0.25) is 0 Å². The highest BCUT2D eigenvalue weighted by molar-refractivity contribution is 5.82. The zero-order chi connectivity index (χ0) is 20.4. The third kappa shape index (κ3) is 9.31. The highest BCUT2D eigenvalue weighted by atomic mass is 16.5. The number of nitrogens with zero attached hydrogens (tertiary/aromatic N) is 3. The Hall–Kier alpha value is -0.530. The number of piperidine rings is 1. The van der Waals surface area contributed by atoms with Gasteiger partial charge in [-0.25, -0.2) is 0 Å². The first-order valence-electron chi connectivity index (χ1n) is 11.4. The highest BCUT2D eigenvalue weighted by Gasteiger charge is 2.24. The van der Waals surface area contributed by atoms with Crippen molar-refractivity contribution in [3.8, 4) is 0 Å². The highest BCUT2D eigenvalue weighted by Crippen LogP contribution is 2.19. The second kappa shape index (κ2) is 12.9. The van der Waals surface area contributed by atoms with E-state index in [-0.39, 0.29) is 5.92 Å². The van der Waals surface area contributed by atoms with Crippen LogP contribution in [0.25, 0.3) is 0 Å². The van der Waals surface area contributed by atoms with Crippen molar-refractivity contribution in [3.63, 3.8) is 0 Å². The fourth-order valence-corrected chi connectivity index (χ4v) is 4.01. The van der Waals surface area contributed by atoms with Crippen LogP contribution in [-0.4, -0.2) is 105 Å². The topological polar surface area (TPSA) is 48.1 Å². The van der Waals surface area contributed by atoms with Crippen LogP contribution in [0, 0.1) is 11.8 Å².